The maximum atomic E-state index is 13.3. The maximum Gasteiger partial charge on any atom is 0.269 e. The number of nitrogens with zero attached hydrogens (tertiary/aromatic N) is 4. The van der Waals surface area contributed by atoms with Crippen molar-refractivity contribution < 1.29 is 8.42 Å². The van der Waals surface area contributed by atoms with Crippen LogP contribution in [-0.4, -0.2) is 35.4 Å². The first-order valence-corrected chi connectivity index (χ1v) is 12.2. The molecule has 0 spiro atoms. The van der Waals surface area contributed by atoms with Crippen molar-refractivity contribution in [3.63, 3.8) is 0 Å². The minimum Gasteiger partial charge on any atom is -0.349 e. The number of thiazole rings is 1. The zero-order chi connectivity index (χ0) is 20.6. The second-order valence-electron chi connectivity index (χ2n) is 6.37. The SMILES string of the molecule is CCN(CC)c1nc(-c2cn(S(=O)(=O)c3ccccc3)c3ncc(Br)cc23)cs1. The van der Waals surface area contributed by atoms with E-state index >= 15 is 0 Å². The Morgan fingerprint density at radius 1 is 1.17 bits per heavy atom. The summed E-state index contributed by atoms with van der Waals surface area (Å²) in [7, 11) is -3.78. The van der Waals surface area contributed by atoms with Crippen LogP contribution in [0.1, 0.15) is 13.8 Å². The summed E-state index contributed by atoms with van der Waals surface area (Å²) in [5.41, 5.74) is 1.86. The fourth-order valence-electron chi connectivity index (χ4n) is 3.17. The molecular formula is C20H19BrN4O2S2. The third-order valence-electron chi connectivity index (χ3n) is 4.68. The van der Waals surface area contributed by atoms with E-state index in [1.54, 1.807) is 54.1 Å². The van der Waals surface area contributed by atoms with E-state index in [2.05, 4.69) is 39.7 Å². The summed E-state index contributed by atoms with van der Waals surface area (Å²) in [6.45, 7) is 5.90. The average Bonchev–Trinajstić information content (AvgIpc) is 3.34. The molecule has 0 unspecified atom stereocenters. The van der Waals surface area contributed by atoms with Gasteiger partial charge < -0.3 is 4.90 Å². The summed E-state index contributed by atoms with van der Waals surface area (Å²) in [6, 6.07) is 10.3. The Kier molecular flexibility index (Phi) is 5.46. The predicted molar refractivity (Wildman–Crippen MR) is 121 cm³/mol. The van der Waals surface area contributed by atoms with Crippen LogP contribution in [-0.2, 0) is 10.0 Å². The molecule has 0 aliphatic carbocycles. The lowest BCUT2D eigenvalue weighted by atomic mass is 10.2. The van der Waals surface area contributed by atoms with Crippen LogP contribution in [0.4, 0.5) is 5.13 Å². The lowest BCUT2D eigenvalue weighted by Crippen LogP contribution is -2.21. The van der Waals surface area contributed by atoms with E-state index in [-0.39, 0.29) is 4.90 Å². The Morgan fingerprint density at radius 2 is 1.90 bits per heavy atom. The third-order valence-corrected chi connectivity index (χ3v) is 7.68. The minimum atomic E-state index is -3.78. The summed E-state index contributed by atoms with van der Waals surface area (Å²) >= 11 is 5.00. The highest BCUT2D eigenvalue weighted by Gasteiger charge is 2.24. The molecule has 0 aliphatic heterocycles. The monoisotopic (exact) mass is 490 g/mol. The first-order chi connectivity index (χ1) is 14.0. The molecule has 3 heterocycles. The average molecular weight is 491 g/mol. The van der Waals surface area contributed by atoms with Crippen molar-refractivity contribution >= 4 is 53.5 Å². The molecule has 1 aromatic carbocycles. The summed E-state index contributed by atoms with van der Waals surface area (Å²) in [5.74, 6) is 0. The standard InChI is InChI=1S/C20H19BrN4O2S2/c1-3-24(4-2)20-23-18(13-28-20)17-12-25(19-16(17)10-14(21)11-22-19)29(26,27)15-8-6-5-7-9-15/h5-13H,3-4H2,1-2H3. The van der Waals surface area contributed by atoms with Crippen LogP contribution in [0.25, 0.3) is 22.3 Å². The molecule has 0 radical (unpaired) electrons. The Hall–Kier alpha value is -2.23. The number of anilines is 1. The molecule has 150 valence electrons. The van der Waals surface area contributed by atoms with E-state index < -0.39 is 10.0 Å². The highest BCUT2D eigenvalue weighted by atomic mass is 79.9. The molecule has 0 N–H and O–H groups in total. The number of fused-ring (bicyclic) bond motifs is 1. The molecule has 0 aliphatic rings. The largest absolute Gasteiger partial charge is 0.349 e. The summed E-state index contributed by atoms with van der Waals surface area (Å²) in [5, 5.41) is 3.61. The Balaban J connectivity index is 1.92. The zero-order valence-corrected chi connectivity index (χ0v) is 19.1. The topological polar surface area (TPSA) is 68.1 Å². The quantitative estimate of drug-likeness (QED) is 0.380. The van der Waals surface area contributed by atoms with Crippen molar-refractivity contribution in [3.05, 3.63) is 58.6 Å². The lowest BCUT2D eigenvalue weighted by molar-refractivity contribution is 0.589. The van der Waals surface area contributed by atoms with Gasteiger partial charge in [-0.05, 0) is 48.0 Å². The van der Waals surface area contributed by atoms with E-state index in [4.69, 9.17) is 4.98 Å². The van der Waals surface area contributed by atoms with Gasteiger partial charge in [-0.3, -0.25) is 0 Å². The summed E-state index contributed by atoms with van der Waals surface area (Å²) in [6.07, 6.45) is 3.22. The van der Waals surface area contributed by atoms with Crippen LogP contribution in [0, 0.1) is 0 Å². The second kappa shape index (κ2) is 7.89. The van der Waals surface area contributed by atoms with Crippen molar-refractivity contribution in [3.8, 4) is 11.3 Å². The Morgan fingerprint density at radius 3 is 2.59 bits per heavy atom. The van der Waals surface area contributed by atoms with Crippen molar-refractivity contribution in [2.45, 2.75) is 18.7 Å². The van der Waals surface area contributed by atoms with Gasteiger partial charge in [0.15, 0.2) is 10.8 Å². The highest BCUT2D eigenvalue weighted by molar-refractivity contribution is 9.10. The van der Waals surface area contributed by atoms with Gasteiger partial charge in [0.25, 0.3) is 10.0 Å². The van der Waals surface area contributed by atoms with Gasteiger partial charge >= 0.3 is 0 Å². The normalized spacial score (nSPS) is 11.8. The molecule has 0 saturated heterocycles. The summed E-state index contributed by atoms with van der Waals surface area (Å²) in [4.78, 5) is 11.5. The van der Waals surface area contributed by atoms with Gasteiger partial charge in [0, 0.05) is 46.3 Å². The number of rotatable bonds is 6. The van der Waals surface area contributed by atoms with Gasteiger partial charge in [-0.15, -0.1) is 11.3 Å². The predicted octanol–water partition coefficient (Wildman–Crippen LogP) is 5.01. The third kappa shape index (κ3) is 3.58. The van der Waals surface area contributed by atoms with Gasteiger partial charge in [0.1, 0.15) is 0 Å². The molecule has 9 heteroatoms. The van der Waals surface area contributed by atoms with Crippen molar-refractivity contribution in [2.24, 2.45) is 0 Å². The van der Waals surface area contributed by atoms with Crippen LogP contribution in [0.2, 0.25) is 0 Å². The van der Waals surface area contributed by atoms with E-state index in [9.17, 15) is 8.42 Å². The highest BCUT2D eigenvalue weighted by Crippen LogP contribution is 2.35. The van der Waals surface area contributed by atoms with Crippen molar-refractivity contribution in [1.29, 1.82) is 0 Å². The van der Waals surface area contributed by atoms with Gasteiger partial charge in [-0.25, -0.2) is 22.4 Å². The molecule has 4 aromatic rings. The lowest BCUT2D eigenvalue weighted by Gasteiger charge is -2.16. The Labute approximate surface area is 182 Å². The van der Waals surface area contributed by atoms with Crippen LogP contribution < -0.4 is 4.90 Å². The van der Waals surface area contributed by atoms with E-state index in [0.717, 1.165) is 39.3 Å². The fourth-order valence-corrected chi connectivity index (χ4v) is 5.81. The first kappa shape index (κ1) is 20.1. The van der Waals surface area contributed by atoms with Crippen LogP contribution in [0.5, 0.6) is 0 Å². The van der Waals surface area contributed by atoms with E-state index in [1.165, 1.54) is 3.97 Å². The number of benzene rings is 1. The Bertz CT molecular complexity index is 1260. The minimum absolute atomic E-state index is 0.218. The number of halogens is 1. The maximum absolute atomic E-state index is 13.3. The van der Waals surface area contributed by atoms with Crippen molar-refractivity contribution in [2.75, 3.05) is 18.0 Å². The van der Waals surface area contributed by atoms with Crippen LogP contribution in [0.15, 0.2) is 63.5 Å². The first-order valence-electron chi connectivity index (χ1n) is 9.13. The molecule has 0 fully saturated rings. The van der Waals surface area contributed by atoms with Crippen molar-refractivity contribution in [1.82, 2.24) is 13.9 Å². The molecule has 29 heavy (non-hydrogen) atoms. The number of pyridine rings is 1. The molecule has 3 aromatic heterocycles. The molecule has 0 atom stereocenters. The molecule has 6 nitrogen and oxygen atoms in total. The van der Waals surface area contributed by atoms with Gasteiger partial charge in [0.2, 0.25) is 0 Å². The molecule has 4 rings (SSSR count). The number of hydrogen-bond acceptors (Lipinski definition) is 6. The fraction of sp³-hybridized carbons (Fsp3) is 0.200. The van der Waals surface area contributed by atoms with Gasteiger partial charge in [-0.2, -0.15) is 0 Å². The number of aromatic nitrogens is 3. The summed E-state index contributed by atoms with van der Waals surface area (Å²) < 4.78 is 28.6. The smallest absolute Gasteiger partial charge is 0.269 e. The molecule has 0 bridgehead atoms. The van der Waals surface area contributed by atoms with Gasteiger partial charge in [0.05, 0.1) is 10.6 Å². The zero-order valence-electron chi connectivity index (χ0n) is 15.9. The van der Waals surface area contributed by atoms with E-state index in [1.807, 2.05) is 11.4 Å². The molecule has 0 saturated carbocycles. The molecular weight excluding hydrogens is 472 g/mol. The second-order valence-corrected chi connectivity index (χ2v) is 9.94. The van der Waals surface area contributed by atoms with E-state index in [0.29, 0.717) is 5.65 Å². The van der Waals surface area contributed by atoms with Crippen LogP contribution >= 0.6 is 27.3 Å². The molecule has 0 amide bonds. The number of hydrogen-bond donors (Lipinski definition) is 0. The van der Waals surface area contributed by atoms with Gasteiger partial charge in [-0.1, -0.05) is 18.2 Å². The van der Waals surface area contributed by atoms with Crippen LogP contribution in [0.3, 0.4) is 0 Å².